The maximum atomic E-state index is 8.96. The summed E-state index contributed by atoms with van der Waals surface area (Å²) in [4.78, 5) is 0. The van der Waals surface area contributed by atoms with Crippen LogP contribution in [0.4, 0.5) is 0 Å². The van der Waals surface area contributed by atoms with Crippen LogP contribution < -0.4 is 0 Å². The lowest BCUT2D eigenvalue weighted by Crippen LogP contribution is -2.07. The van der Waals surface area contributed by atoms with E-state index in [1.807, 2.05) is 0 Å². The second-order valence-corrected chi connectivity index (χ2v) is 5.39. The van der Waals surface area contributed by atoms with Gasteiger partial charge in [-0.25, -0.2) is 0 Å². The first-order valence-electron chi connectivity index (χ1n) is 6.39. The van der Waals surface area contributed by atoms with Crippen molar-refractivity contribution in [3.05, 3.63) is 12.2 Å². The first kappa shape index (κ1) is 15.7. The smallest absolute Gasteiger partial charge is 0.0456 e. The number of rotatable bonds is 8. The molecular formula is C14H28O2. The molecule has 0 aromatic rings. The van der Waals surface area contributed by atoms with Gasteiger partial charge < -0.3 is 10.2 Å². The largest absolute Gasteiger partial charge is 0.396 e. The molecule has 2 nitrogen and oxygen atoms in total. The molecule has 0 heterocycles. The summed E-state index contributed by atoms with van der Waals surface area (Å²) in [6.07, 6.45) is 6.55. The average Bonchev–Trinajstić information content (AvgIpc) is 2.26. The summed E-state index contributed by atoms with van der Waals surface area (Å²) in [7, 11) is 0. The quantitative estimate of drug-likeness (QED) is 0.627. The maximum absolute atomic E-state index is 8.96. The van der Waals surface area contributed by atoms with E-state index < -0.39 is 0 Å². The molecule has 16 heavy (non-hydrogen) atoms. The molecule has 2 N–H and O–H groups in total. The van der Waals surface area contributed by atoms with Gasteiger partial charge in [0.1, 0.15) is 0 Å². The Balaban J connectivity index is 3.87. The van der Waals surface area contributed by atoms with Crippen LogP contribution in [0.2, 0.25) is 0 Å². The zero-order valence-corrected chi connectivity index (χ0v) is 11.2. The van der Waals surface area contributed by atoms with E-state index >= 15 is 0 Å². The summed E-state index contributed by atoms with van der Waals surface area (Å²) in [6, 6.07) is 0. The van der Waals surface area contributed by atoms with Crippen LogP contribution in [0.15, 0.2) is 12.2 Å². The Morgan fingerprint density at radius 3 is 1.31 bits per heavy atom. The van der Waals surface area contributed by atoms with Gasteiger partial charge in [0.25, 0.3) is 0 Å². The maximum Gasteiger partial charge on any atom is 0.0456 e. The lowest BCUT2D eigenvalue weighted by Gasteiger charge is -2.14. The van der Waals surface area contributed by atoms with E-state index in [0.717, 1.165) is 12.8 Å². The molecule has 0 spiro atoms. The lowest BCUT2D eigenvalue weighted by molar-refractivity contribution is 0.220. The highest BCUT2D eigenvalue weighted by molar-refractivity contribution is 4.91. The summed E-state index contributed by atoms with van der Waals surface area (Å²) in [5, 5.41) is 17.9. The third-order valence-corrected chi connectivity index (χ3v) is 2.94. The molecule has 0 bridgehead atoms. The lowest BCUT2D eigenvalue weighted by atomic mass is 9.93. The molecule has 0 aromatic carbocycles. The molecule has 0 rings (SSSR count). The van der Waals surface area contributed by atoms with Crippen LogP contribution in [0.25, 0.3) is 0 Å². The van der Waals surface area contributed by atoms with Gasteiger partial charge >= 0.3 is 0 Å². The second-order valence-electron chi connectivity index (χ2n) is 5.39. The molecule has 0 aliphatic carbocycles. The van der Waals surface area contributed by atoms with E-state index in [1.165, 1.54) is 0 Å². The summed E-state index contributed by atoms with van der Waals surface area (Å²) < 4.78 is 0. The Kier molecular flexibility index (Phi) is 8.58. The number of allylic oxidation sites excluding steroid dienone is 2. The Morgan fingerprint density at radius 2 is 1.06 bits per heavy atom. The molecule has 0 radical (unpaired) electrons. The normalized spacial score (nSPS) is 19.6. The van der Waals surface area contributed by atoms with Crippen molar-refractivity contribution >= 4 is 0 Å². The second kappa shape index (κ2) is 8.77. The third-order valence-electron chi connectivity index (χ3n) is 2.94. The van der Waals surface area contributed by atoms with E-state index in [-0.39, 0.29) is 13.2 Å². The zero-order chi connectivity index (χ0) is 12.6. The van der Waals surface area contributed by atoms with Crippen LogP contribution in [0.1, 0.15) is 40.5 Å². The van der Waals surface area contributed by atoms with Crippen LogP contribution in [0.5, 0.6) is 0 Å². The SMILES string of the molecule is C[C@@H](CO)C[C@H](C)/C=C\[C@@H](C)C[C@@H](C)CO. The van der Waals surface area contributed by atoms with Crippen molar-refractivity contribution in [3.63, 3.8) is 0 Å². The van der Waals surface area contributed by atoms with E-state index in [1.54, 1.807) is 0 Å². The van der Waals surface area contributed by atoms with Crippen LogP contribution in [-0.2, 0) is 0 Å². The van der Waals surface area contributed by atoms with E-state index in [9.17, 15) is 0 Å². The van der Waals surface area contributed by atoms with Crippen LogP contribution in [0.3, 0.4) is 0 Å². The molecule has 96 valence electrons. The highest BCUT2D eigenvalue weighted by Crippen LogP contribution is 2.16. The highest BCUT2D eigenvalue weighted by Gasteiger charge is 2.07. The van der Waals surface area contributed by atoms with Crippen LogP contribution >= 0.6 is 0 Å². The van der Waals surface area contributed by atoms with Crippen molar-refractivity contribution in [2.45, 2.75) is 40.5 Å². The number of hydrogen-bond donors (Lipinski definition) is 2. The Bertz CT molecular complexity index is 169. The topological polar surface area (TPSA) is 40.5 Å². The van der Waals surface area contributed by atoms with Gasteiger partial charge in [-0.2, -0.15) is 0 Å². The van der Waals surface area contributed by atoms with Crippen molar-refractivity contribution < 1.29 is 10.2 Å². The fraction of sp³-hybridized carbons (Fsp3) is 0.857. The minimum atomic E-state index is 0.273. The minimum absolute atomic E-state index is 0.273. The average molecular weight is 228 g/mol. The van der Waals surface area contributed by atoms with Gasteiger partial charge in [0.15, 0.2) is 0 Å². The van der Waals surface area contributed by atoms with Gasteiger partial charge in [-0.3, -0.25) is 0 Å². The van der Waals surface area contributed by atoms with Crippen molar-refractivity contribution in [3.8, 4) is 0 Å². The molecule has 0 saturated heterocycles. The van der Waals surface area contributed by atoms with E-state index in [2.05, 4.69) is 39.8 Å². The van der Waals surface area contributed by atoms with Crippen molar-refractivity contribution in [1.82, 2.24) is 0 Å². The fourth-order valence-corrected chi connectivity index (χ4v) is 1.95. The summed E-state index contributed by atoms with van der Waals surface area (Å²) in [6.45, 7) is 9.06. The molecule has 0 aliphatic rings. The fourth-order valence-electron chi connectivity index (χ4n) is 1.95. The van der Waals surface area contributed by atoms with E-state index in [0.29, 0.717) is 23.7 Å². The van der Waals surface area contributed by atoms with Crippen LogP contribution in [0, 0.1) is 23.7 Å². The highest BCUT2D eigenvalue weighted by atomic mass is 16.3. The zero-order valence-electron chi connectivity index (χ0n) is 11.2. The molecule has 0 aromatic heterocycles. The van der Waals surface area contributed by atoms with Gasteiger partial charge in [-0.15, -0.1) is 0 Å². The van der Waals surface area contributed by atoms with Crippen molar-refractivity contribution in [1.29, 1.82) is 0 Å². The van der Waals surface area contributed by atoms with Crippen molar-refractivity contribution in [2.24, 2.45) is 23.7 Å². The van der Waals surface area contributed by atoms with Gasteiger partial charge in [0.05, 0.1) is 0 Å². The van der Waals surface area contributed by atoms with Crippen LogP contribution in [-0.4, -0.2) is 23.4 Å². The Morgan fingerprint density at radius 1 is 0.750 bits per heavy atom. The number of aliphatic hydroxyl groups is 2. The molecule has 0 amide bonds. The molecular weight excluding hydrogens is 200 g/mol. The first-order chi connectivity index (χ1) is 7.49. The molecule has 4 atom stereocenters. The standard InChI is InChI=1S/C14H28O2/c1-11(7-13(3)9-15)5-6-12(2)8-14(4)10-16/h5-6,11-16H,7-10H2,1-4H3/b6-5-/t11-,12-,13-,14-/m1/s1. The molecule has 0 unspecified atom stereocenters. The molecule has 0 saturated carbocycles. The molecule has 0 fully saturated rings. The number of hydrogen-bond acceptors (Lipinski definition) is 2. The van der Waals surface area contributed by atoms with Gasteiger partial charge in [-0.1, -0.05) is 39.8 Å². The van der Waals surface area contributed by atoms with Gasteiger partial charge in [0.2, 0.25) is 0 Å². The van der Waals surface area contributed by atoms with Crippen molar-refractivity contribution in [2.75, 3.05) is 13.2 Å². The monoisotopic (exact) mass is 228 g/mol. The number of aliphatic hydroxyl groups excluding tert-OH is 2. The first-order valence-corrected chi connectivity index (χ1v) is 6.39. The van der Waals surface area contributed by atoms with E-state index in [4.69, 9.17) is 10.2 Å². The molecule has 2 heteroatoms. The van der Waals surface area contributed by atoms with Gasteiger partial charge in [0, 0.05) is 13.2 Å². The predicted octanol–water partition coefficient (Wildman–Crippen LogP) is 2.85. The molecule has 0 aliphatic heterocycles. The third kappa shape index (κ3) is 7.89. The summed E-state index contributed by atoms with van der Waals surface area (Å²) in [5.41, 5.74) is 0. The summed E-state index contributed by atoms with van der Waals surface area (Å²) >= 11 is 0. The minimum Gasteiger partial charge on any atom is -0.396 e. The Hall–Kier alpha value is -0.340. The summed E-state index contributed by atoms with van der Waals surface area (Å²) in [5.74, 6) is 1.81. The Labute approximate surface area is 100 Å². The predicted molar refractivity (Wildman–Crippen MR) is 69.2 cm³/mol. The van der Waals surface area contributed by atoms with Gasteiger partial charge in [-0.05, 0) is 36.5 Å².